The summed E-state index contributed by atoms with van der Waals surface area (Å²) in [5, 5.41) is 13.8. The maximum Gasteiger partial charge on any atom is 0.279 e. The van der Waals surface area contributed by atoms with Gasteiger partial charge in [-0.05, 0) is 24.1 Å². The van der Waals surface area contributed by atoms with Gasteiger partial charge in [0.05, 0.1) is 11.9 Å². The molecule has 102 valence electrons. The van der Waals surface area contributed by atoms with Gasteiger partial charge >= 0.3 is 0 Å². The normalized spacial score (nSPS) is 11.5. The highest BCUT2D eigenvalue weighted by molar-refractivity contribution is 7.92. The molecule has 7 heteroatoms. The molecule has 0 unspecified atom stereocenters. The van der Waals surface area contributed by atoms with Gasteiger partial charge in [-0.1, -0.05) is 19.1 Å². The average molecular weight is 281 g/mol. The summed E-state index contributed by atoms with van der Waals surface area (Å²) >= 11 is 0. The molecule has 0 bridgehead atoms. The first-order valence-corrected chi connectivity index (χ1v) is 7.25. The first-order valence-electron chi connectivity index (χ1n) is 5.77. The summed E-state index contributed by atoms with van der Waals surface area (Å²) in [6.07, 6.45) is 2.02. The summed E-state index contributed by atoms with van der Waals surface area (Å²) in [5.41, 5.74) is 0.853. The molecule has 0 fully saturated rings. The van der Waals surface area contributed by atoms with Crippen molar-refractivity contribution in [1.29, 1.82) is 0 Å². The Kier molecular flexibility index (Phi) is 3.48. The molecule has 0 spiro atoms. The third kappa shape index (κ3) is 2.55. The van der Waals surface area contributed by atoms with Gasteiger partial charge in [-0.25, -0.2) is 0 Å². The monoisotopic (exact) mass is 281 g/mol. The van der Waals surface area contributed by atoms with Crippen LogP contribution < -0.4 is 4.72 Å². The number of hydrogen-bond acceptors (Lipinski definition) is 4. The van der Waals surface area contributed by atoms with Crippen LogP contribution in [0.4, 0.5) is 5.69 Å². The van der Waals surface area contributed by atoms with Crippen molar-refractivity contribution >= 4 is 15.7 Å². The number of anilines is 1. The van der Waals surface area contributed by atoms with Crippen molar-refractivity contribution in [2.24, 2.45) is 7.05 Å². The number of phenolic OH excluding ortho intramolecular Hbond substituents is 1. The summed E-state index contributed by atoms with van der Waals surface area (Å²) in [7, 11) is -2.22. The van der Waals surface area contributed by atoms with E-state index in [2.05, 4.69) is 9.82 Å². The minimum atomic E-state index is -3.76. The highest BCUT2D eigenvalue weighted by Crippen LogP contribution is 2.29. The molecule has 2 aromatic rings. The van der Waals surface area contributed by atoms with Crippen LogP contribution in [0.5, 0.6) is 5.75 Å². The van der Waals surface area contributed by atoms with E-state index in [-0.39, 0.29) is 16.5 Å². The minimum absolute atomic E-state index is 0.0359. The number of sulfonamides is 1. The zero-order valence-corrected chi connectivity index (χ0v) is 11.5. The molecule has 19 heavy (non-hydrogen) atoms. The summed E-state index contributed by atoms with van der Waals surface area (Å²) < 4.78 is 27.9. The van der Waals surface area contributed by atoms with E-state index >= 15 is 0 Å². The molecule has 0 aliphatic rings. The first-order chi connectivity index (χ1) is 8.95. The fourth-order valence-electron chi connectivity index (χ4n) is 1.78. The number of nitrogens with one attached hydrogen (secondary N) is 1. The molecule has 0 saturated heterocycles. The van der Waals surface area contributed by atoms with Gasteiger partial charge in [0.1, 0.15) is 5.75 Å². The smallest absolute Gasteiger partial charge is 0.279 e. The van der Waals surface area contributed by atoms with Crippen LogP contribution in [0.15, 0.2) is 35.5 Å². The molecule has 2 N–H and O–H groups in total. The summed E-state index contributed by atoms with van der Waals surface area (Å²) in [6, 6.07) is 6.35. The van der Waals surface area contributed by atoms with Gasteiger partial charge in [-0.3, -0.25) is 9.40 Å². The topological polar surface area (TPSA) is 84.2 Å². The second kappa shape index (κ2) is 4.93. The Morgan fingerprint density at radius 1 is 1.37 bits per heavy atom. The van der Waals surface area contributed by atoms with E-state index in [4.69, 9.17) is 0 Å². The second-order valence-electron chi connectivity index (χ2n) is 4.07. The number of aromatic hydroxyl groups is 1. The first kappa shape index (κ1) is 13.4. The number of aryl methyl sites for hydroxylation is 2. The van der Waals surface area contributed by atoms with Crippen molar-refractivity contribution in [2.75, 3.05) is 4.72 Å². The van der Waals surface area contributed by atoms with E-state index in [1.54, 1.807) is 12.1 Å². The third-order valence-corrected chi connectivity index (χ3v) is 4.24. The second-order valence-corrected chi connectivity index (χ2v) is 5.69. The minimum Gasteiger partial charge on any atom is -0.505 e. The van der Waals surface area contributed by atoms with Crippen molar-refractivity contribution in [1.82, 2.24) is 9.78 Å². The predicted molar refractivity (Wildman–Crippen MR) is 71.5 cm³/mol. The number of nitrogens with zero attached hydrogens (tertiary/aromatic N) is 2. The third-order valence-electron chi connectivity index (χ3n) is 2.80. The molecule has 0 aliphatic heterocycles. The lowest BCUT2D eigenvalue weighted by Crippen LogP contribution is -2.16. The zero-order chi connectivity index (χ0) is 14.0. The fraction of sp³-hybridized carbons (Fsp3) is 0.250. The van der Waals surface area contributed by atoms with Crippen LogP contribution in [0.25, 0.3) is 0 Å². The average Bonchev–Trinajstić information content (AvgIpc) is 2.79. The summed E-state index contributed by atoms with van der Waals surface area (Å²) in [5.74, 6) is -0.0456. The number of rotatable bonds is 4. The van der Waals surface area contributed by atoms with Crippen molar-refractivity contribution in [3.63, 3.8) is 0 Å². The lowest BCUT2D eigenvalue weighted by atomic mass is 10.1. The van der Waals surface area contributed by atoms with Gasteiger partial charge in [0.15, 0.2) is 5.03 Å². The molecule has 0 saturated carbocycles. The van der Waals surface area contributed by atoms with Gasteiger partial charge < -0.3 is 5.11 Å². The Hall–Kier alpha value is -2.02. The zero-order valence-electron chi connectivity index (χ0n) is 10.7. The van der Waals surface area contributed by atoms with Gasteiger partial charge in [-0.15, -0.1) is 0 Å². The van der Waals surface area contributed by atoms with Crippen LogP contribution in [0.3, 0.4) is 0 Å². The molecule has 0 amide bonds. The highest BCUT2D eigenvalue weighted by Gasteiger charge is 2.20. The van der Waals surface area contributed by atoms with Gasteiger partial charge in [0, 0.05) is 7.05 Å². The number of aromatic nitrogens is 2. The number of benzene rings is 1. The number of para-hydroxylation sites is 1. The van der Waals surface area contributed by atoms with Crippen molar-refractivity contribution < 1.29 is 13.5 Å². The highest BCUT2D eigenvalue weighted by atomic mass is 32.2. The Morgan fingerprint density at radius 2 is 2.11 bits per heavy atom. The van der Waals surface area contributed by atoms with Crippen molar-refractivity contribution in [3.8, 4) is 5.75 Å². The lowest BCUT2D eigenvalue weighted by molar-refractivity contribution is 0.471. The number of hydrogen-bond donors (Lipinski definition) is 2. The van der Waals surface area contributed by atoms with E-state index in [1.807, 2.05) is 6.92 Å². The van der Waals surface area contributed by atoms with E-state index in [1.165, 1.54) is 30.1 Å². The van der Waals surface area contributed by atoms with E-state index in [9.17, 15) is 13.5 Å². The van der Waals surface area contributed by atoms with Gasteiger partial charge in [0.2, 0.25) is 0 Å². The molecule has 0 atom stereocenters. The molecule has 2 rings (SSSR count). The molecular weight excluding hydrogens is 266 g/mol. The van der Waals surface area contributed by atoms with E-state index in [0.29, 0.717) is 12.0 Å². The van der Waals surface area contributed by atoms with Crippen LogP contribution in [0.2, 0.25) is 0 Å². The molecule has 1 aromatic heterocycles. The van der Waals surface area contributed by atoms with Crippen LogP contribution in [0, 0.1) is 0 Å². The Bertz CT molecular complexity index is 692. The SMILES string of the molecule is CCc1cccc(NS(=O)(=O)c2ccnn2C)c1O. The Balaban J connectivity index is 2.39. The molecular formula is C12H15N3O3S. The van der Waals surface area contributed by atoms with Gasteiger partial charge in [0.25, 0.3) is 10.0 Å². The lowest BCUT2D eigenvalue weighted by Gasteiger charge is -2.11. The largest absolute Gasteiger partial charge is 0.505 e. The van der Waals surface area contributed by atoms with E-state index in [0.717, 1.165) is 0 Å². The fourth-order valence-corrected chi connectivity index (χ4v) is 2.98. The van der Waals surface area contributed by atoms with Crippen LogP contribution in [0.1, 0.15) is 12.5 Å². The standard InChI is InChI=1S/C12H15N3O3S/c1-3-9-5-4-6-10(12(9)16)14-19(17,18)11-7-8-13-15(11)2/h4-8,14,16H,3H2,1-2H3. The molecule has 1 aromatic carbocycles. The number of phenols is 1. The Labute approximate surface area is 111 Å². The molecule has 0 radical (unpaired) electrons. The van der Waals surface area contributed by atoms with E-state index < -0.39 is 10.0 Å². The predicted octanol–water partition coefficient (Wildman–Crippen LogP) is 1.49. The summed E-state index contributed by atoms with van der Waals surface area (Å²) in [4.78, 5) is 0. The van der Waals surface area contributed by atoms with Crippen LogP contribution in [-0.4, -0.2) is 23.3 Å². The quantitative estimate of drug-likeness (QED) is 0.832. The van der Waals surface area contributed by atoms with Gasteiger partial charge in [-0.2, -0.15) is 13.5 Å². The maximum absolute atomic E-state index is 12.2. The summed E-state index contributed by atoms with van der Waals surface area (Å²) in [6.45, 7) is 1.88. The maximum atomic E-state index is 12.2. The van der Waals surface area contributed by atoms with Crippen molar-refractivity contribution in [2.45, 2.75) is 18.4 Å². The molecule has 0 aliphatic carbocycles. The Morgan fingerprint density at radius 3 is 2.68 bits per heavy atom. The van der Waals surface area contributed by atoms with Crippen LogP contribution >= 0.6 is 0 Å². The van der Waals surface area contributed by atoms with Crippen LogP contribution in [-0.2, 0) is 23.5 Å². The molecule has 1 heterocycles. The molecule has 6 nitrogen and oxygen atoms in total. The van der Waals surface area contributed by atoms with Crippen molar-refractivity contribution in [3.05, 3.63) is 36.0 Å².